The van der Waals surface area contributed by atoms with Gasteiger partial charge in [-0.1, -0.05) is 56.6 Å². The summed E-state index contributed by atoms with van der Waals surface area (Å²) in [4.78, 5) is 23.5. The van der Waals surface area contributed by atoms with Gasteiger partial charge < -0.3 is 15.2 Å². The van der Waals surface area contributed by atoms with Gasteiger partial charge in [0, 0.05) is 10.6 Å². The molecule has 0 bridgehead atoms. The van der Waals surface area contributed by atoms with Crippen LogP contribution >= 0.6 is 11.6 Å². The zero-order valence-corrected chi connectivity index (χ0v) is 15.1. The SMILES string of the molecule is CC(C)(C)c1ccc(/C=C(/NC(=O)c2ccc(Cl)cc2)C(=O)[O-])cc1. The minimum absolute atomic E-state index is 0.00221. The van der Waals surface area contributed by atoms with Crippen LogP contribution in [0.4, 0.5) is 0 Å². The number of carbonyl (C=O) groups is 2. The number of halogens is 1. The Morgan fingerprint density at radius 2 is 1.56 bits per heavy atom. The second-order valence-electron chi connectivity index (χ2n) is 6.68. The molecule has 0 radical (unpaired) electrons. The number of nitrogens with one attached hydrogen (secondary N) is 1. The van der Waals surface area contributed by atoms with Gasteiger partial charge in [-0.15, -0.1) is 0 Å². The average molecular weight is 357 g/mol. The van der Waals surface area contributed by atoms with Gasteiger partial charge in [0.25, 0.3) is 5.91 Å². The molecule has 2 rings (SSSR count). The molecule has 0 aliphatic rings. The van der Waals surface area contributed by atoms with Gasteiger partial charge in [0.2, 0.25) is 0 Å². The summed E-state index contributed by atoms with van der Waals surface area (Å²) in [5.41, 5.74) is 1.79. The molecule has 0 spiro atoms. The van der Waals surface area contributed by atoms with Crippen LogP contribution in [0.25, 0.3) is 6.08 Å². The van der Waals surface area contributed by atoms with E-state index in [2.05, 4.69) is 26.1 Å². The third-order valence-corrected chi connectivity index (χ3v) is 3.91. The number of hydrogen-bond donors (Lipinski definition) is 1. The Bertz CT molecular complexity index is 800. The Labute approximate surface area is 152 Å². The minimum Gasteiger partial charge on any atom is -0.543 e. The van der Waals surface area contributed by atoms with E-state index in [1.165, 1.54) is 18.2 Å². The quantitative estimate of drug-likeness (QED) is 0.855. The smallest absolute Gasteiger partial charge is 0.255 e. The van der Waals surface area contributed by atoms with Crippen LogP contribution in [-0.2, 0) is 10.2 Å². The highest BCUT2D eigenvalue weighted by Crippen LogP contribution is 2.22. The molecule has 0 heterocycles. The van der Waals surface area contributed by atoms with Gasteiger partial charge in [-0.25, -0.2) is 0 Å². The van der Waals surface area contributed by atoms with E-state index in [-0.39, 0.29) is 11.1 Å². The molecule has 0 aliphatic carbocycles. The van der Waals surface area contributed by atoms with Crippen molar-refractivity contribution in [3.63, 3.8) is 0 Å². The Hall–Kier alpha value is -2.59. The molecule has 0 aliphatic heterocycles. The van der Waals surface area contributed by atoms with Crippen molar-refractivity contribution in [2.45, 2.75) is 26.2 Å². The monoisotopic (exact) mass is 356 g/mol. The summed E-state index contributed by atoms with van der Waals surface area (Å²) < 4.78 is 0. The van der Waals surface area contributed by atoms with Crippen molar-refractivity contribution in [3.05, 3.63) is 75.9 Å². The van der Waals surface area contributed by atoms with Crippen molar-refractivity contribution in [2.24, 2.45) is 0 Å². The van der Waals surface area contributed by atoms with Gasteiger partial charge in [0.05, 0.1) is 11.7 Å². The second-order valence-corrected chi connectivity index (χ2v) is 7.11. The lowest BCUT2D eigenvalue weighted by molar-refractivity contribution is -0.299. The largest absolute Gasteiger partial charge is 0.543 e. The lowest BCUT2D eigenvalue weighted by Crippen LogP contribution is -2.35. The fourth-order valence-corrected chi connectivity index (χ4v) is 2.31. The Morgan fingerprint density at radius 3 is 2.04 bits per heavy atom. The second kappa shape index (κ2) is 7.53. The number of carbonyl (C=O) groups excluding carboxylic acids is 2. The Kier molecular flexibility index (Phi) is 5.65. The van der Waals surface area contributed by atoms with E-state index >= 15 is 0 Å². The fourth-order valence-electron chi connectivity index (χ4n) is 2.19. The number of rotatable bonds is 4. The molecule has 0 saturated heterocycles. The molecule has 2 aromatic carbocycles. The molecule has 1 N–H and O–H groups in total. The van der Waals surface area contributed by atoms with E-state index in [0.717, 1.165) is 5.56 Å². The maximum Gasteiger partial charge on any atom is 0.255 e. The lowest BCUT2D eigenvalue weighted by atomic mass is 9.87. The first-order valence-electron chi connectivity index (χ1n) is 7.77. The third-order valence-electron chi connectivity index (χ3n) is 3.66. The van der Waals surface area contributed by atoms with Gasteiger partial charge in [0.1, 0.15) is 0 Å². The summed E-state index contributed by atoms with van der Waals surface area (Å²) in [7, 11) is 0. The molecular weight excluding hydrogens is 338 g/mol. The van der Waals surface area contributed by atoms with Crippen molar-refractivity contribution >= 4 is 29.6 Å². The van der Waals surface area contributed by atoms with Crippen molar-refractivity contribution < 1.29 is 14.7 Å². The summed E-state index contributed by atoms with van der Waals surface area (Å²) in [6.07, 6.45) is 1.37. The Morgan fingerprint density at radius 1 is 1.00 bits per heavy atom. The first-order valence-corrected chi connectivity index (χ1v) is 8.15. The summed E-state index contributed by atoms with van der Waals surface area (Å²) in [5, 5.41) is 14.2. The standard InChI is InChI=1S/C20H20ClNO3/c1-20(2,3)15-8-4-13(5-9-15)12-17(19(24)25)22-18(23)14-6-10-16(21)11-7-14/h4-12H,1-3H3,(H,22,23)(H,24,25)/p-1/b17-12+. The van der Waals surface area contributed by atoms with Crippen LogP contribution in [0.3, 0.4) is 0 Å². The molecule has 0 unspecified atom stereocenters. The predicted octanol–water partition coefficient (Wildman–Crippen LogP) is 3.16. The number of aliphatic carboxylic acids is 1. The van der Waals surface area contributed by atoms with Crippen LogP contribution in [0.1, 0.15) is 42.3 Å². The van der Waals surface area contributed by atoms with E-state index in [4.69, 9.17) is 11.6 Å². The summed E-state index contributed by atoms with van der Waals surface area (Å²) >= 11 is 5.78. The molecule has 0 aromatic heterocycles. The maximum absolute atomic E-state index is 12.2. The van der Waals surface area contributed by atoms with Crippen molar-refractivity contribution in [3.8, 4) is 0 Å². The average Bonchev–Trinajstić information content (AvgIpc) is 2.54. The van der Waals surface area contributed by atoms with Crippen LogP contribution in [0.15, 0.2) is 54.2 Å². The van der Waals surface area contributed by atoms with Gasteiger partial charge in [-0.2, -0.15) is 0 Å². The number of benzene rings is 2. The van der Waals surface area contributed by atoms with E-state index in [1.807, 2.05) is 12.1 Å². The highest BCUT2D eigenvalue weighted by Gasteiger charge is 2.13. The molecule has 5 heteroatoms. The summed E-state index contributed by atoms with van der Waals surface area (Å²) in [6, 6.07) is 13.6. The molecule has 1 amide bonds. The topological polar surface area (TPSA) is 69.2 Å². The van der Waals surface area contributed by atoms with Crippen molar-refractivity contribution in [2.75, 3.05) is 0 Å². The normalized spacial score (nSPS) is 11.9. The summed E-state index contributed by atoms with van der Waals surface area (Å²) in [5.74, 6) is -2.00. The van der Waals surface area contributed by atoms with Gasteiger partial charge in [-0.3, -0.25) is 4.79 Å². The third kappa shape index (κ3) is 5.19. The molecule has 2 aromatic rings. The van der Waals surface area contributed by atoms with Crippen LogP contribution in [-0.4, -0.2) is 11.9 Å². The first-order chi connectivity index (χ1) is 11.7. The number of carboxylic acid groups (broad SMARTS) is 1. The van der Waals surface area contributed by atoms with Crippen molar-refractivity contribution in [1.82, 2.24) is 5.32 Å². The summed E-state index contributed by atoms with van der Waals surface area (Å²) in [6.45, 7) is 6.28. The fraction of sp³-hybridized carbons (Fsp3) is 0.200. The molecule has 0 atom stereocenters. The van der Waals surface area contributed by atoms with E-state index in [1.54, 1.807) is 24.3 Å². The van der Waals surface area contributed by atoms with Crippen LogP contribution in [0, 0.1) is 0 Å². The van der Waals surface area contributed by atoms with Gasteiger partial charge >= 0.3 is 0 Å². The van der Waals surface area contributed by atoms with E-state index in [0.29, 0.717) is 16.1 Å². The van der Waals surface area contributed by atoms with E-state index < -0.39 is 11.9 Å². The highest BCUT2D eigenvalue weighted by molar-refractivity contribution is 6.30. The first kappa shape index (κ1) is 18.7. The highest BCUT2D eigenvalue weighted by atomic mass is 35.5. The van der Waals surface area contributed by atoms with Crippen molar-refractivity contribution in [1.29, 1.82) is 0 Å². The molecule has 25 heavy (non-hydrogen) atoms. The number of hydrogen-bond acceptors (Lipinski definition) is 3. The van der Waals surface area contributed by atoms with E-state index in [9.17, 15) is 14.7 Å². The zero-order valence-electron chi connectivity index (χ0n) is 14.3. The molecular formula is C20H19ClNO3-. The van der Waals surface area contributed by atoms with Crippen LogP contribution < -0.4 is 10.4 Å². The van der Waals surface area contributed by atoms with Crippen LogP contribution in [0.2, 0.25) is 5.02 Å². The predicted molar refractivity (Wildman–Crippen MR) is 97.0 cm³/mol. The zero-order chi connectivity index (χ0) is 18.6. The Balaban J connectivity index is 2.22. The molecule has 4 nitrogen and oxygen atoms in total. The molecule has 0 saturated carbocycles. The lowest BCUT2D eigenvalue weighted by Gasteiger charge is -2.19. The van der Waals surface area contributed by atoms with Crippen LogP contribution in [0.5, 0.6) is 0 Å². The number of carboxylic acids is 1. The van der Waals surface area contributed by atoms with Gasteiger partial charge in [-0.05, 0) is 46.9 Å². The minimum atomic E-state index is -1.46. The maximum atomic E-state index is 12.2. The molecule has 0 fully saturated rings. The molecule has 130 valence electrons. The van der Waals surface area contributed by atoms with Gasteiger partial charge in [0.15, 0.2) is 0 Å². The number of amides is 1.